The van der Waals surface area contributed by atoms with Gasteiger partial charge in [0.1, 0.15) is 4.60 Å². The molecule has 0 fully saturated rings. The molecule has 0 atom stereocenters. The van der Waals surface area contributed by atoms with Gasteiger partial charge in [-0.3, -0.25) is 5.10 Å². The quantitative estimate of drug-likeness (QED) is 0.794. The summed E-state index contributed by atoms with van der Waals surface area (Å²) in [6.07, 6.45) is 1.02. The molecule has 2 aromatic rings. The fourth-order valence-electron chi connectivity index (χ4n) is 1.35. The lowest BCUT2D eigenvalue weighted by atomic mass is 10.1. The van der Waals surface area contributed by atoms with Crippen LogP contribution in [0.1, 0.15) is 12.5 Å². The zero-order chi connectivity index (χ0) is 8.55. The van der Waals surface area contributed by atoms with Gasteiger partial charge in [0.15, 0.2) is 0 Å². The summed E-state index contributed by atoms with van der Waals surface area (Å²) in [7, 11) is 0. The van der Waals surface area contributed by atoms with Crippen LogP contribution in [0.3, 0.4) is 0 Å². The van der Waals surface area contributed by atoms with Gasteiger partial charge in [0.2, 0.25) is 0 Å². The molecule has 1 N–H and O–H groups in total. The summed E-state index contributed by atoms with van der Waals surface area (Å²) in [5.74, 6) is 0. The summed E-state index contributed by atoms with van der Waals surface area (Å²) in [4.78, 5) is 0. The van der Waals surface area contributed by atoms with E-state index in [-0.39, 0.29) is 0 Å². The lowest BCUT2D eigenvalue weighted by Gasteiger charge is -1.95. The van der Waals surface area contributed by atoms with Crippen molar-refractivity contribution in [3.05, 3.63) is 28.4 Å². The second-order valence-electron chi connectivity index (χ2n) is 2.70. The van der Waals surface area contributed by atoms with Gasteiger partial charge in [0, 0.05) is 5.39 Å². The van der Waals surface area contributed by atoms with Crippen LogP contribution >= 0.6 is 15.9 Å². The number of para-hydroxylation sites is 1. The van der Waals surface area contributed by atoms with Crippen LogP contribution in [-0.4, -0.2) is 10.2 Å². The van der Waals surface area contributed by atoms with E-state index in [1.54, 1.807) is 0 Å². The second kappa shape index (κ2) is 2.90. The van der Waals surface area contributed by atoms with Crippen molar-refractivity contribution in [3.63, 3.8) is 0 Å². The molecule has 0 amide bonds. The highest BCUT2D eigenvalue weighted by Crippen LogP contribution is 2.23. The number of hydrogen-bond acceptors (Lipinski definition) is 1. The largest absolute Gasteiger partial charge is 0.270 e. The van der Waals surface area contributed by atoms with Crippen LogP contribution in [0.5, 0.6) is 0 Å². The Morgan fingerprint density at radius 1 is 1.50 bits per heavy atom. The number of nitrogens with one attached hydrogen (secondary N) is 1. The van der Waals surface area contributed by atoms with Crippen molar-refractivity contribution in [2.24, 2.45) is 0 Å². The van der Waals surface area contributed by atoms with Crippen LogP contribution in [0.15, 0.2) is 22.8 Å². The monoisotopic (exact) mass is 224 g/mol. The molecule has 2 nitrogen and oxygen atoms in total. The molecule has 0 aliphatic heterocycles. The number of aryl methyl sites for hydroxylation is 1. The van der Waals surface area contributed by atoms with E-state index in [1.807, 2.05) is 0 Å². The van der Waals surface area contributed by atoms with E-state index in [0.717, 1.165) is 21.9 Å². The first-order valence-corrected chi connectivity index (χ1v) is 4.73. The van der Waals surface area contributed by atoms with Gasteiger partial charge in [-0.25, -0.2) is 0 Å². The van der Waals surface area contributed by atoms with Gasteiger partial charge in [-0.1, -0.05) is 25.1 Å². The minimum atomic E-state index is 0.966. The molecule has 0 aliphatic rings. The number of fused-ring (bicyclic) bond motifs is 1. The van der Waals surface area contributed by atoms with Crippen LogP contribution in [-0.2, 0) is 6.42 Å². The lowest BCUT2D eigenvalue weighted by molar-refractivity contribution is 1.07. The minimum Gasteiger partial charge on any atom is -0.270 e. The van der Waals surface area contributed by atoms with Crippen LogP contribution in [0.25, 0.3) is 10.9 Å². The molecule has 0 radical (unpaired) electrons. The first-order valence-electron chi connectivity index (χ1n) is 3.94. The van der Waals surface area contributed by atoms with Gasteiger partial charge < -0.3 is 0 Å². The van der Waals surface area contributed by atoms with Crippen molar-refractivity contribution in [3.8, 4) is 0 Å². The summed E-state index contributed by atoms with van der Waals surface area (Å²) in [5.41, 5.74) is 2.36. The second-order valence-corrected chi connectivity index (χ2v) is 3.50. The number of hydrogen-bond donors (Lipinski definition) is 1. The van der Waals surface area contributed by atoms with Gasteiger partial charge in [0.05, 0.1) is 5.52 Å². The van der Waals surface area contributed by atoms with Gasteiger partial charge >= 0.3 is 0 Å². The zero-order valence-electron chi connectivity index (χ0n) is 6.76. The molecule has 1 aromatic carbocycles. The van der Waals surface area contributed by atoms with Gasteiger partial charge in [-0.2, -0.15) is 5.10 Å². The molecule has 1 aromatic heterocycles. The number of benzene rings is 1. The number of halogens is 1. The zero-order valence-corrected chi connectivity index (χ0v) is 8.35. The maximum absolute atomic E-state index is 4.22. The summed E-state index contributed by atoms with van der Waals surface area (Å²) in [5, 5.41) is 8.30. The maximum atomic E-state index is 4.22. The third-order valence-corrected chi connectivity index (χ3v) is 2.61. The Bertz CT molecular complexity index is 406. The van der Waals surface area contributed by atoms with Crippen molar-refractivity contribution < 1.29 is 0 Å². The van der Waals surface area contributed by atoms with E-state index in [0.29, 0.717) is 0 Å². The average Bonchev–Trinajstić information content (AvgIpc) is 2.48. The fraction of sp³-hybridized carbons (Fsp3) is 0.222. The number of aromatic amines is 1. The smallest absolute Gasteiger partial charge is 0.108 e. The topological polar surface area (TPSA) is 28.7 Å². The number of rotatable bonds is 1. The van der Waals surface area contributed by atoms with Gasteiger partial charge in [-0.05, 0) is 27.9 Å². The van der Waals surface area contributed by atoms with Crippen molar-refractivity contribution in [1.82, 2.24) is 10.2 Å². The molecule has 0 bridgehead atoms. The normalized spacial score (nSPS) is 10.8. The highest BCUT2D eigenvalue weighted by molar-refractivity contribution is 9.10. The fourth-order valence-corrected chi connectivity index (χ4v) is 1.76. The third kappa shape index (κ3) is 1.05. The molecular formula is C9H9BrN2. The Morgan fingerprint density at radius 3 is 3.08 bits per heavy atom. The molecule has 2 rings (SSSR count). The SMILES string of the molecule is CCc1cccc2c(Br)[nH]nc12. The Kier molecular flexibility index (Phi) is 1.89. The Labute approximate surface area is 79.1 Å². The Hall–Kier alpha value is -0.830. The standard InChI is InChI=1S/C9H9BrN2/c1-2-6-4-3-5-7-8(6)11-12-9(7)10/h3-5H,2H2,1H3,(H,11,12). The van der Waals surface area contributed by atoms with Crippen molar-refractivity contribution in [2.75, 3.05) is 0 Å². The Balaban J connectivity index is 2.81. The summed E-state index contributed by atoms with van der Waals surface area (Å²) in [6.45, 7) is 2.14. The number of nitrogens with zero attached hydrogens (tertiary/aromatic N) is 1. The molecular weight excluding hydrogens is 216 g/mol. The molecule has 0 spiro atoms. The summed E-state index contributed by atoms with van der Waals surface area (Å²) >= 11 is 3.41. The first kappa shape index (κ1) is 7.80. The van der Waals surface area contributed by atoms with Gasteiger partial charge in [-0.15, -0.1) is 0 Å². The maximum Gasteiger partial charge on any atom is 0.108 e. The van der Waals surface area contributed by atoms with Crippen LogP contribution in [0.4, 0.5) is 0 Å². The van der Waals surface area contributed by atoms with E-state index < -0.39 is 0 Å². The molecule has 62 valence electrons. The van der Waals surface area contributed by atoms with Crippen LogP contribution in [0.2, 0.25) is 0 Å². The van der Waals surface area contributed by atoms with Crippen molar-refractivity contribution in [2.45, 2.75) is 13.3 Å². The predicted molar refractivity (Wildman–Crippen MR) is 53.2 cm³/mol. The molecule has 3 heteroatoms. The highest BCUT2D eigenvalue weighted by Gasteiger charge is 2.04. The van der Waals surface area contributed by atoms with Crippen LogP contribution in [0, 0.1) is 0 Å². The van der Waals surface area contributed by atoms with Crippen LogP contribution < -0.4 is 0 Å². The summed E-state index contributed by atoms with van der Waals surface area (Å²) in [6, 6.07) is 6.22. The molecule has 12 heavy (non-hydrogen) atoms. The molecule has 0 saturated carbocycles. The minimum absolute atomic E-state index is 0.966. The molecule has 1 heterocycles. The van der Waals surface area contributed by atoms with Crippen molar-refractivity contribution in [1.29, 1.82) is 0 Å². The number of aromatic nitrogens is 2. The van der Waals surface area contributed by atoms with Gasteiger partial charge in [0.25, 0.3) is 0 Å². The van der Waals surface area contributed by atoms with E-state index in [2.05, 4.69) is 51.3 Å². The van der Waals surface area contributed by atoms with E-state index in [9.17, 15) is 0 Å². The number of H-pyrrole nitrogens is 1. The van der Waals surface area contributed by atoms with Crippen molar-refractivity contribution >= 4 is 26.8 Å². The summed E-state index contributed by atoms with van der Waals surface area (Å²) < 4.78 is 0.966. The van der Waals surface area contributed by atoms with E-state index in [4.69, 9.17) is 0 Å². The molecule has 0 unspecified atom stereocenters. The first-order chi connectivity index (χ1) is 5.83. The lowest BCUT2D eigenvalue weighted by Crippen LogP contribution is -1.81. The molecule has 0 saturated heterocycles. The average molecular weight is 225 g/mol. The third-order valence-electron chi connectivity index (χ3n) is 2.00. The highest BCUT2D eigenvalue weighted by atomic mass is 79.9. The Morgan fingerprint density at radius 2 is 2.33 bits per heavy atom. The predicted octanol–water partition coefficient (Wildman–Crippen LogP) is 2.89. The molecule has 0 aliphatic carbocycles. The van der Waals surface area contributed by atoms with E-state index in [1.165, 1.54) is 5.56 Å². The van der Waals surface area contributed by atoms with E-state index >= 15 is 0 Å².